The minimum Gasteiger partial charge on any atom is -0.338 e. The van der Waals surface area contributed by atoms with Gasteiger partial charge in [0.2, 0.25) is 0 Å². The van der Waals surface area contributed by atoms with E-state index in [1.54, 1.807) is 18.5 Å². The van der Waals surface area contributed by atoms with Gasteiger partial charge in [0.05, 0.1) is 17.4 Å². The number of aromatic nitrogens is 2. The van der Waals surface area contributed by atoms with Crippen molar-refractivity contribution >= 4 is 11.5 Å². The predicted molar refractivity (Wildman–Crippen MR) is 65.9 cm³/mol. The maximum Gasteiger partial charge on any atom is 0.148 e. The summed E-state index contributed by atoms with van der Waals surface area (Å²) in [6, 6.07) is 7.60. The summed E-state index contributed by atoms with van der Waals surface area (Å²) in [7, 11) is 0. The summed E-state index contributed by atoms with van der Waals surface area (Å²) in [4.78, 5) is 8.37. The highest BCUT2D eigenvalue weighted by molar-refractivity contribution is 5.64. The minimum atomic E-state index is 0.527. The molecule has 0 saturated carbocycles. The van der Waals surface area contributed by atoms with Crippen LogP contribution in [0.3, 0.4) is 0 Å². The Hall–Kier alpha value is -2.41. The van der Waals surface area contributed by atoms with Gasteiger partial charge in [-0.3, -0.25) is 4.98 Å². The molecule has 84 valence electrons. The van der Waals surface area contributed by atoms with Gasteiger partial charge in [-0.15, -0.1) is 0 Å². The second kappa shape index (κ2) is 4.62. The van der Waals surface area contributed by atoms with Crippen LogP contribution in [0.5, 0.6) is 0 Å². The Morgan fingerprint density at radius 2 is 2.06 bits per heavy atom. The molecule has 0 aromatic carbocycles. The van der Waals surface area contributed by atoms with E-state index >= 15 is 0 Å². The second-order valence-electron chi connectivity index (χ2n) is 3.78. The van der Waals surface area contributed by atoms with Crippen molar-refractivity contribution in [3.05, 3.63) is 47.4 Å². The second-order valence-corrected chi connectivity index (χ2v) is 3.78. The van der Waals surface area contributed by atoms with Crippen molar-refractivity contribution < 1.29 is 0 Å². The average molecular weight is 224 g/mol. The van der Waals surface area contributed by atoms with Crippen LogP contribution in [-0.4, -0.2) is 9.97 Å². The third kappa shape index (κ3) is 2.40. The summed E-state index contributed by atoms with van der Waals surface area (Å²) in [6.07, 6.45) is 3.45. The molecule has 0 saturated heterocycles. The molecular formula is C13H12N4. The summed E-state index contributed by atoms with van der Waals surface area (Å²) in [5.41, 5.74) is 3.32. The Morgan fingerprint density at radius 3 is 2.76 bits per heavy atom. The normalized spacial score (nSPS) is 9.71. The van der Waals surface area contributed by atoms with Crippen molar-refractivity contribution in [3.8, 4) is 6.07 Å². The molecule has 2 heterocycles. The largest absolute Gasteiger partial charge is 0.338 e. The molecule has 4 nitrogen and oxygen atoms in total. The Balaban J connectivity index is 2.40. The smallest absolute Gasteiger partial charge is 0.148 e. The van der Waals surface area contributed by atoms with E-state index in [1.807, 2.05) is 26.0 Å². The highest BCUT2D eigenvalue weighted by Gasteiger charge is 2.05. The zero-order valence-electron chi connectivity index (χ0n) is 9.73. The fourth-order valence-corrected chi connectivity index (χ4v) is 1.46. The molecule has 4 heteroatoms. The number of anilines is 2. The first-order valence-corrected chi connectivity index (χ1v) is 5.26. The van der Waals surface area contributed by atoms with Crippen LogP contribution in [0.4, 0.5) is 11.5 Å². The molecule has 0 aliphatic rings. The highest BCUT2D eigenvalue weighted by atomic mass is 15.0. The summed E-state index contributed by atoms with van der Waals surface area (Å²) in [6.45, 7) is 3.87. The van der Waals surface area contributed by atoms with Gasteiger partial charge in [-0.2, -0.15) is 5.26 Å². The van der Waals surface area contributed by atoms with E-state index in [0.717, 1.165) is 16.9 Å². The van der Waals surface area contributed by atoms with E-state index < -0.39 is 0 Å². The van der Waals surface area contributed by atoms with Crippen molar-refractivity contribution in [3.63, 3.8) is 0 Å². The maximum absolute atomic E-state index is 9.01. The molecule has 1 N–H and O–H groups in total. The van der Waals surface area contributed by atoms with E-state index in [9.17, 15) is 0 Å². The van der Waals surface area contributed by atoms with Crippen LogP contribution in [0.2, 0.25) is 0 Å². The number of aryl methyl sites for hydroxylation is 2. The Morgan fingerprint density at radius 1 is 1.24 bits per heavy atom. The lowest BCUT2D eigenvalue weighted by Crippen LogP contribution is -2.00. The quantitative estimate of drug-likeness (QED) is 0.851. The van der Waals surface area contributed by atoms with E-state index in [4.69, 9.17) is 5.26 Å². The van der Waals surface area contributed by atoms with Crippen molar-refractivity contribution in [1.29, 1.82) is 5.26 Å². The molecule has 0 aliphatic carbocycles. The molecule has 0 amide bonds. The van der Waals surface area contributed by atoms with Gasteiger partial charge in [0.1, 0.15) is 11.9 Å². The van der Waals surface area contributed by atoms with Crippen LogP contribution in [0.25, 0.3) is 0 Å². The predicted octanol–water partition coefficient (Wildman–Crippen LogP) is 2.71. The number of hydrogen-bond donors (Lipinski definition) is 1. The van der Waals surface area contributed by atoms with Gasteiger partial charge in [0.25, 0.3) is 0 Å². The third-order valence-electron chi connectivity index (χ3n) is 2.45. The zero-order valence-corrected chi connectivity index (χ0v) is 9.73. The molecule has 17 heavy (non-hydrogen) atoms. The molecule has 2 rings (SSSR count). The zero-order chi connectivity index (χ0) is 12.3. The van der Waals surface area contributed by atoms with Gasteiger partial charge in [0.15, 0.2) is 0 Å². The van der Waals surface area contributed by atoms with Crippen LogP contribution in [-0.2, 0) is 0 Å². The fraction of sp³-hybridized carbons (Fsp3) is 0.154. The molecule has 0 aliphatic heterocycles. The van der Waals surface area contributed by atoms with Crippen LogP contribution in [0, 0.1) is 25.2 Å². The Kier molecular flexibility index (Phi) is 3.01. The number of nitrogens with zero attached hydrogens (tertiary/aromatic N) is 3. The standard InChI is InChI=1S/C13H12N4/c1-9-5-6-15-8-12(9)17-13-11(7-14)4-3-10(2)16-13/h3-6,8H,1-2H3,(H,16,17). The van der Waals surface area contributed by atoms with E-state index in [0.29, 0.717) is 11.4 Å². The Bertz CT molecular complexity index is 584. The first-order valence-electron chi connectivity index (χ1n) is 5.26. The van der Waals surface area contributed by atoms with Gasteiger partial charge in [-0.05, 0) is 37.6 Å². The summed E-state index contributed by atoms with van der Waals surface area (Å²) < 4.78 is 0. The van der Waals surface area contributed by atoms with Crippen molar-refractivity contribution in [2.75, 3.05) is 5.32 Å². The van der Waals surface area contributed by atoms with E-state index in [2.05, 4.69) is 21.4 Å². The van der Waals surface area contributed by atoms with Gasteiger partial charge in [-0.1, -0.05) is 0 Å². The minimum absolute atomic E-state index is 0.527. The number of pyridine rings is 2. The molecule has 0 spiro atoms. The van der Waals surface area contributed by atoms with Crippen LogP contribution in [0.15, 0.2) is 30.6 Å². The lowest BCUT2D eigenvalue weighted by Gasteiger charge is -2.09. The molecule has 0 fully saturated rings. The first-order chi connectivity index (χ1) is 8.20. The molecule has 2 aromatic rings. The maximum atomic E-state index is 9.01. The lowest BCUT2D eigenvalue weighted by molar-refractivity contribution is 1.18. The molecule has 0 bridgehead atoms. The summed E-state index contributed by atoms with van der Waals surface area (Å²) in [5, 5.41) is 12.1. The molecule has 0 atom stereocenters. The molecule has 0 unspecified atom stereocenters. The van der Waals surface area contributed by atoms with Gasteiger partial charge in [-0.25, -0.2) is 4.98 Å². The van der Waals surface area contributed by atoms with Crippen molar-refractivity contribution in [2.45, 2.75) is 13.8 Å². The monoisotopic (exact) mass is 224 g/mol. The number of nitrogens with one attached hydrogen (secondary N) is 1. The van der Waals surface area contributed by atoms with E-state index in [-0.39, 0.29) is 0 Å². The molecule has 0 radical (unpaired) electrons. The SMILES string of the molecule is Cc1ccc(C#N)c(Nc2cnccc2C)n1. The van der Waals surface area contributed by atoms with Crippen molar-refractivity contribution in [2.24, 2.45) is 0 Å². The number of hydrogen-bond acceptors (Lipinski definition) is 4. The Labute approximate surface area is 100.0 Å². The third-order valence-corrected chi connectivity index (χ3v) is 2.45. The number of rotatable bonds is 2. The van der Waals surface area contributed by atoms with Crippen LogP contribution in [0.1, 0.15) is 16.8 Å². The summed E-state index contributed by atoms with van der Waals surface area (Å²) in [5.74, 6) is 0.573. The van der Waals surface area contributed by atoms with Gasteiger partial charge >= 0.3 is 0 Å². The average Bonchev–Trinajstić information content (AvgIpc) is 2.32. The van der Waals surface area contributed by atoms with Gasteiger partial charge < -0.3 is 5.32 Å². The van der Waals surface area contributed by atoms with Crippen molar-refractivity contribution in [1.82, 2.24) is 9.97 Å². The van der Waals surface area contributed by atoms with Crippen LogP contribution >= 0.6 is 0 Å². The topological polar surface area (TPSA) is 61.6 Å². The number of nitriles is 1. The van der Waals surface area contributed by atoms with Gasteiger partial charge in [0, 0.05) is 11.9 Å². The van der Waals surface area contributed by atoms with Crippen LogP contribution < -0.4 is 5.32 Å². The van der Waals surface area contributed by atoms with E-state index in [1.165, 1.54) is 0 Å². The fourth-order valence-electron chi connectivity index (χ4n) is 1.46. The molecular weight excluding hydrogens is 212 g/mol. The summed E-state index contributed by atoms with van der Waals surface area (Å²) >= 11 is 0. The molecule has 2 aromatic heterocycles. The first kappa shape index (κ1) is 11.1. The highest BCUT2D eigenvalue weighted by Crippen LogP contribution is 2.20. The lowest BCUT2D eigenvalue weighted by atomic mass is 10.2.